The van der Waals surface area contributed by atoms with Crippen molar-refractivity contribution in [3.8, 4) is 0 Å². The maximum absolute atomic E-state index is 13.6. The van der Waals surface area contributed by atoms with Crippen LogP contribution in [0.25, 0.3) is 0 Å². The number of aliphatic imine (C=N–C) groups is 1. The van der Waals surface area contributed by atoms with Crippen LogP contribution in [0.4, 0.5) is 24.9 Å². The van der Waals surface area contributed by atoms with E-state index in [2.05, 4.69) is 71.7 Å². The summed E-state index contributed by atoms with van der Waals surface area (Å²) in [5, 5.41) is 6.28. The third-order valence-corrected chi connectivity index (χ3v) is 8.90. The standard InChI is InChI=1S/C27H42F3N7.C8H18.C2H6/c1-5-9-21(10-6-2)33-16-19(7-3)24(31)35-26-34-17-23(27(28,29)30)25(36-26)32-13-8-14-37-18(4)20-11-12-22(37)15-20;1-4-6-8(3)7-5-2;1-2/h16-17,20-22,33H,4-15H2,1-3H3,(H3,31,32,34,35,36);8H,4-7H2,1-3H3;1-2H3/b19-16-;;. The van der Waals surface area contributed by atoms with Gasteiger partial charge in [-0.05, 0) is 50.9 Å². The van der Waals surface area contributed by atoms with Crippen molar-refractivity contribution in [2.24, 2.45) is 22.6 Å². The molecule has 1 aliphatic carbocycles. The number of alkyl halides is 3. The summed E-state index contributed by atoms with van der Waals surface area (Å²) in [7, 11) is 0. The minimum atomic E-state index is -4.58. The lowest BCUT2D eigenvalue weighted by Gasteiger charge is -2.31. The Bertz CT molecular complexity index is 1070. The highest BCUT2D eigenvalue weighted by atomic mass is 19.4. The first-order chi connectivity index (χ1) is 22.5. The Morgan fingerprint density at radius 1 is 1.06 bits per heavy atom. The van der Waals surface area contributed by atoms with Crippen LogP contribution in [0.5, 0.6) is 0 Å². The summed E-state index contributed by atoms with van der Waals surface area (Å²) < 4.78 is 40.9. The number of nitrogens with one attached hydrogen (secondary N) is 2. The zero-order valence-electron chi connectivity index (χ0n) is 30.8. The minimum Gasteiger partial charge on any atom is -0.388 e. The minimum absolute atomic E-state index is 0.101. The largest absolute Gasteiger partial charge is 0.421 e. The van der Waals surface area contributed by atoms with Crippen molar-refractivity contribution in [1.29, 1.82) is 0 Å². The number of piperidine rings is 1. The van der Waals surface area contributed by atoms with Crippen LogP contribution in [0.2, 0.25) is 0 Å². The van der Waals surface area contributed by atoms with Crippen molar-refractivity contribution in [2.75, 3.05) is 18.4 Å². The summed E-state index contributed by atoms with van der Waals surface area (Å²) in [5.74, 6) is 1.35. The summed E-state index contributed by atoms with van der Waals surface area (Å²) in [6.07, 6.45) is 12.6. The Labute approximate surface area is 284 Å². The van der Waals surface area contributed by atoms with Gasteiger partial charge in [-0.3, -0.25) is 0 Å². The van der Waals surface area contributed by atoms with E-state index in [0.29, 0.717) is 37.4 Å². The molecule has 1 aromatic heterocycles. The second kappa shape index (κ2) is 22.7. The van der Waals surface area contributed by atoms with Gasteiger partial charge in [0.2, 0.25) is 0 Å². The molecule has 2 aliphatic rings. The fraction of sp³-hybridized carbons (Fsp3) is 0.757. The van der Waals surface area contributed by atoms with Gasteiger partial charge in [0.25, 0.3) is 5.95 Å². The van der Waals surface area contributed by atoms with Crippen molar-refractivity contribution in [2.45, 2.75) is 157 Å². The van der Waals surface area contributed by atoms with E-state index < -0.39 is 11.7 Å². The summed E-state index contributed by atoms with van der Waals surface area (Å²) in [5.41, 5.74) is 7.23. The van der Waals surface area contributed by atoms with E-state index in [1.165, 1.54) is 44.2 Å². The number of hydrogen-bond acceptors (Lipinski definition) is 6. The van der Waals surface area contributed by atoms with Crippen molar-refractivity contribution >= 4 is 17.6 Å². The Kier molecular flexibility index (Phi) is 20.4. The zero-order valence-corrected chi connectivity index (χ0v) is 30.8. The van der Waals surface area contributed by atoms with Gasteiger partial charge in [0.15, 0.2) is 0 Å². The number of anilines is 1. The van der Waals surface area contributed by atoms with Gasteiger partial charge in [0, 0.05) is 54.8 Å². The molecule has 0 amide bonds. The fourth-order valence-electron chi connectivity index (χ4n) is 6.46. The summed E-state index contributed by atoms with van der Waals surface area (Å²) in [6, 6.07) is 0.871. The molecule has 2 bridgehead atoms. The molecule has 47 heavy (non-hydrogen) atoms. The van der Waals surface area contributed by atoms with Gasteiger partial charge in [-0.1, -0.05) is 100 Å². The van der Waals surface area contributed by atoms with Crippen LogP contribution in [-0.2, 0) is 6.18 Å². The lowest BCUT2D eigenvalue weighted by Crippen LogP contribution is -2.31. The van der Waals surface area contributed by atoms with Crippen molar-refractivity contribution < 1.29 is 13.2 Å². The number of hydrogen-bond donors (Lipinski definition) is 3. The quantitative estimate of drug-likeness (QED) is 0.0821. The van der Waals surface area contributed by atoms with Crippen LogP contribution in [0.3, 0.4) is 0 Å². The van der Waals surface area contributed by atoms with Gasteiger partial charge < -0.3 is 21.3 Å². The van der Waals surface area contributed by atoms with E-state index in [9.17, 15) is 13.2 Å². The predicted octanol–water partition coefficient (Wildman–Crippen LogP) is 10.4. The molecule has 3 rings (SSSR count). The van der Waals surface area contributed by atoms with Gasteiger partial charge in [0.05, 0.1) is 0 Å². The average Bonchev–Trinajstić information content (AvgIpc) is 3.63. The molecule has 0 radical (unpaired) electrons. The summed E-state index contributed by atoms with van der Waals surface area (Å²) in [4.78, 5) is 14.5. The highest BCUT2D eigenvalue weighted by Gasteiger charge is 2.40. The van der Waals surface area contributed by atoms with E-state index in [1.807, 2.05) is 27.0 Å². The van der Waals surface area contributed by atoms with Crippen LogP contribution < -0.4 is 16.4 Å². The first-order valence-corrected chi connectivity index (χ1v) is 18.4. The van der Waals surface area contributed by atoms with E-state index in [-0.39, 0.29) is 17.6 Å². The lowest BCUT2D eigenvalue weighted by atomic mass is 10.0. The molecule has 2 atom stereocenters. The monoisotopic (exact) mass is 666 g/mol. The first-order valence-electron chi connectivity index (χ1n) is 18.4. The Morgan fingerprint density at radius 3 is 2.19 bits per heavy atom. The highest BCUT2D eigenvalue weighted by molar-refractivity contribution is 5.98. The molecule has 2 unspecified atom stereocenters. The number of halogens is 3. The molecule has 1 aromatic rings. The molecule has 1 aliphatic heterocycles. The van der Waals surface area contributed by atoms with Gasteiger partial charge in [-0.25, -0.2) is 4.98 Å². The molecular formula is C37H66F3N7. The number of nitrogens with zero attached hydrogens (tertiary/aromatic N) is 4. The average molecular weight is 666 g/mol. The molecule has 0 spiro atoms. The maximum Gasteiger partial charge on any atom is 0.421 e. The second-order valence-electron chi connectivity index (χ2n) is 12.7. The molecule has 4 N–H and O–H groups in total. The van der Waals surface area contributed by atoms with Crippen LogP contribution in [0.1, 0.15) is 144 Å². The third kappa shape index (κ3) is 14.5. The smallest absolute Gasteiger partial charge is 0.388 e. The van der Waals surface area contributed by atoms with Gasteiger partial charge in [-0.2, -0.15) is 23.1 Å². The van der Waals surface area contributed by atoms with Crippen LogP contribution >= 0.6 is 0 Å². The molecule has 2 fully saturated rings. The molecule has 2 heterocycles. The molecule has 7 nitrogen and oxygen atoms in total. The van der Waals surface area contributed by atoms with Crippen LogP contribution in [0, 0.1) is 11.8 Å². The number of nitrogens with two attached hydrogens (primary N) is 1. The topological polar surface area (TPSA) is 91.5 Å². The van der Waals surface area contributed by atoms with E-state index >= 15 is 0 Å². The fourth-order valence-corrected chi connectivity index (χ4v) is 6.46. The van der Waals surface area contributed by atoms with E-state index in [0.717, 1.165) is 56.3 Å². The number of likely N-dealkylation sites (tertiary alicyclic amines) is 1. The number of fused-ring (bicyclic) bond motifs is 2. The van der Waals surface area contributed by atoms with E-state index in [1.54, 1.807) is 0 Å². The van der Waals surface area contributed by atoms with Crippen molar-refractivity contribution in [1.82, 2.24) is 20.2 Å². The number of amidine groups is 1. The second-order valence-corrected chi connectivity index (χ2v) is 12.7. The number of allylic oxidation sites excluding steroid dienone is 1. The van der Waals surface area contributed by atoms with Crippen LogP contribution in [0.15, 0.2) is 35.2 Å². The molecular weight excluding hydrogens is 599 g/mol. The van der Waals surface area contributed by atoms with Crippen molar-refractivity contribution in [3.63, 3.8) is 0 Å². The molecule has 1 saturated heterocycles. The molecule has 0 aromatic carbocycles. The highest BCUT2D eigenvalue weighted by Crippen LogP contribution is 2.44. The van der Waals surface area contributed by atoms with Gasteiger partial charge in [-0.15, -0.1) is 0 Å². The molecule has 10 heteroatoms. The first kappa shape index (κ1) is 42.2. The number of rotatable bonds is 18. The maximum atomic E-state index is 13.6. The van der Waals surface area contributed by atoms with Crippen LogP contribution in [-0.4, -0.2) is 45.9 Å². The molecule has 270 valence electrons. The Morgan fingerprint density at radius 2 is 1.68 bits per heavy atom. The lowest BCUT2D eigenvalue weighted by molar-refractivity contribution is -0.137. The predicted molar refractivity (Wildman–Crippen MR) is 194 cm³/mol. The molecule has 1 saturated carbocycles. The number of aromatic nitrogens is 2. The van der Waals surface area contributed by atoms with Gasteiger partial charge >= 0.3 is 6.18 Å². The van der Waals surface area contributed by atoms with Gasteiger partial charge in [0.1, 0.15) is 17.2 Å². The van der Waals surface area contributed by atoms with Crippen molar-refractivity contribution in [3.05, 3.63) is 35.8 Å². The normalized spacial score (nSPS) is 17.9. The zero-order chi connectivity index (χ0) is 35.4. The van der Waals surface area contributed by atoms with E-state index in [4.69, 9.17) is 5.73 Å². The Balaban J connectivity index is 0.000000964. The summed E-state index contributed by atoms with van der Waals surface area (Å²) >= 11 is 0. The summed E-state index contributed by atoms with van der Waals surface area (Å²) in [6.45, 7) is 22.4. The Hall–Kier alpha value is -2.78. The SMILES string of the molecule is C=C1C2CCC(C2)N1CCCNc1nc(/N=C(N)/C(=C\NC(CCC)CCC)CC)ncc1C(F)(F)F.CC.CCCC(C)CCC. The third-order valence-electron chi connectivity index (χ3n) is 8.90.